The van der Waals surface area contributed by atoms with Crippen LogP contribution in [-0.4, -0.2) is 0 Å². The maximum absolute atomic E-state index is 4.09. The van der Waals surface area contributed by atoms with E-state index in [4.69, 9.17) is 0 Å². The molecule has 0 aromatic rings. The highest BCUT2D eigenvalue weighted by atomic mass is 14.1. The second-order valence-electron chi connectivity index (χ2n) is 7.33. The normalized spacial score (nSPS) is 12.7. The highest BCUT2D eigenvalue weighted by molar-refractivity contribution is 4.60. The molecule has 0 aliphatic rings. The van der Waals surface area contributed by atoms with Crippen molar-refractivity contribution in [3.8, 4) is 0 Å². The van der Waals surface area contributed by atoms with Crippen LogP contribution in [0.1, 0.15) is 129 Å². The average Bonchev–Trinajstić information content (AvgIpc) is 2.54. The lowest BCUT2D eigenvalue weighted by atomic mass is 9.94. The Morgan fingerprint density at radius 1 is 0.500 bits per heavy atom. The van der Waals surface area contributed by atoms with Crippen molar-refractivity contribution in [2.45, 2.75) is 129 Å². The molecule has 0 aromatic heterocycles. The van der Waals surface area contributed by atoms with E-state index >= 15 is 0 Å². The summed E-state index contributed by atoms with van der Waals surface area (Å²) in [5.74, 6) is 0.905. The first-order valence-corrected chi connectivity index (χ1v) is 10.6. The molecule has 0 aliphatic heterocycles. The van der Waals surface area contributed by atoms with E-state index in [9.17, 15) is 0 Å². The van der Waals surface area contributed by atoms with Gasteiger partial charge in [-0.2, -0.15) is 0 Å². The third-order valence-corrected chi connectivity index (χ3v) is 5.07. The zero-order valence-corrected chi connectivity index (χ0v) is 16.0. The molecule has 0 fully saturated rings. The van der Waals surface area contributed by atoms with Gasteiger partial charge in [-0.15, -0.1) is 0 Å². The van der Waals surface area contributed by atoms with Crippen molar-refractivity contribution < 1.29 is 0 Å². The van der Waals surface area contributed by atoms with Crippen LogP contribution in [0.25, 0.3) is 0 Å². The van der Waals surface area contributed by atoms with Gasteiger partial charge >= 0.3 is 0 Å². The van der Waals surface area contributed by atoms with Crippen LogP contribution in [0.4, 0.5) is 0 Å². The molecule has 133 valence electrons. The van der Waals surface area contributed by atoms with E-state index in [1.165, 1.54) is 109 Å². The summed E-state index contributed by atoms with van der Waals surface area (Å²) in [5, 5.41) is 0. The molecule has 1 atom stereocenters. The van der Waals surface area contributed by atoms with Crippen LogP contribution in [0.5, 0.6) is 0 Å². The van der Waals surface area contributed by atoms with Gasteiger partial charge in [0.25, 0.3) is 0 Å². The Kier molecular flexibility index (Phi) is 19.0. The smallest absolute Gasteiger partial charge is 0.0414 e. The van der Waals surface area contributed by atoms with Crippen LogP contribution in [0.2, 0.25) is 0 Å². The first kappa shape index (κ1) is 22.0. The molecular weight excluding hydrogens is 264 g/mol. The van der Waals surface area contributed by atoms with Gasteiger partial charge in [-0.25, -0.2) is 0 Å². The lowest BCUT2D eigenvalue weighted by Gasteiger charge is -2.12. The summed E-state index contributed by atoms with van der Waals surface area (Å²) in [6, 6.07) is 0. The molecule has 0 heteroatoms. The van der Waals surface area contributed by atoms with Gasteiger partial charge < -0.3 is 0 Å². The van der Waals surface area contributed by atoms with Gasteiger partial charge in [0, 0.05) is 0 Å². The van der Waals surface area contributed by atoms with Crippen LogP contribution in [-0.2, 0) is 0 Å². The van der Waals surface area contributed by atoms with E-state index in [0.29, 0.717) is 0 Å². The number of rotatable bonds is 18. The van der Waals surface area contributed by atoms with Gasteiger partial charge in [0.1, 0.15) is 0 Å². The Bertz CT molecular complexity index is 184. The molecule has 0 N–H and O–H groups in total. The van der Waals surface area contributed by atoms with E-state index in [0.717, 1.165) is 12.3 Å². The van der Waals surface area contributed by atoms with Gasteiger partial charge in [0.15, 0.2) is 0 Å². The average molecular weight is 310 g/mol. The molecule has 0 saturated heterocycles. The van der Waals surface area contributed by atoms with Crippen molar-refractivity contribution in [3.63, 3.8) is 0 Å². The predicted molar refractivity (Wildman–Crippen MR) is 103 cm³/mol. The molecule has 1 radical (unpaired) electrons. The molecular formula is C22H45. The maximum Gasteiger partial charge on any atom is -0.0414 e. The van der Waals surface area contributed by atoms with Gasteiger partial charge in [0.2, 0.25) is 0 Å². The lowest BCUT2D eigenvalue weighted by molar-refractivity contribution is 0.421. The Morgan fingerprint density at radius 2 is 0.909 bits per heavy atom. The van der Waals surface area contributed by atoms with Gasteiger partial charge in [0.05, 0.1) is 0 Å². The predicted octanol–water partition coefficient (Wildman–Crippen LogP) is 8.50. The Hall–Kier alpha value is 0. The third-order valence-electron chi connectivity index (χ3n) is 5.07. The number of hydrogen-bond acceptors (Lipinski definition) is 0. The second-order valence-corrected chi connectivity index (χ2v) is 7.33. The summed E-state index contributed by atoms with van der Waals surface area (Å²) >= 11 is 0. The molecule has 1 unspecified atom stereocenters. The summed E-state index contributed by atoms with van der Waals surface area (Å²) in [5.41, 5.74) is 0. The van der Waals surface area contributed by atoms with Crippen molar-refractivity contribution in [3.05, 3.63) is 6.92 Å². The van der Waals surface area contributed by atoms with E-state index in [1.54, 1.807) is 0 Å². The second kappa shape index (κ2) is 19.0. The van der Waals surface area contributed by atoms with E-state index in [2.05, 4.69) is 20.8 Å². The number of unbranched alkanes of at least 4 members (excludes halogenated alkanes) is 13. The zero-order valence-electron chi connectivity index (χ0n) is 16.0. The molecule has 0 spiro atoms. The summed E-state index contributed by atoms with van der Waals surface area (Å²) in [7, 11) is 0. The van der Waals surface area contributed by atoms with Gasteiger partial charge in [-0.05, 0) is 5.92 Å². The van der Waals surface area contributed by atoms with Gasteiger partial charge in [-0.1, -0.05) is 136 Å². The van der Waals surface area contributed by atoms with Crippen molar-refractivity contribution in [2.75, 3.05) is 0 Å². The zero-order chi connectivity index (χ0) is 16.3. The van der Waals surface area contributed by atoms with E-state index in [-0.39, 0.29) is 0 Å². The highest BCUT2D eigenvalue weighted by Gasteiger charge is 2.04. The van der Waals surface area contributed by atoms with Crippen molar-refractivity contribution in [1.29, 1.82) is 0 Å². The Balaban J connectivity index is 3.08. The molecule has 0 bridgehead atoms. The minimum absolute atomic E-state index is 0.905. The monoisotopic (exact) mass is 309 g/mol. The first-order chi connectivity index (χ1) is 10.8. The van der Waals surface area contributed by atoms with Crippen LogP contribution in [0, 0.1) is 12.8 Å². The molecule has 0 aromatic carbocycles. The Morgan fingerprint density at radius 3 is 1.27 bits per heavy atom. The molecule has 0 rings (SSSR count). The molecule has 0 saturated carbocycles. The Labute approximate surface area is 142 Å². The summed E-state index contributed by atoms with van der Waals surface area (Å²) in [4.78, 5) is 0. The molecule has 0 amide bonds. The molecule has 22 heavy (non-hydrogen) atoms. The summed E-state index contributed by atoms with van der Waals surface area (Å²) in [6.45, 7) is 8.68. The quantitative estimate of drug-likeness (QED) is 0.223. The number of hydrogen-bond donors (Lipinski definition) is 0. The minimum atomic E-state index is 0.905. The van der Waals surface area contributed by atoms with Crippen LogP contribution < -0.4 is 0 Å². The van der Waals surface area contributed by atoms with Crippen LogP contribution in [0.15, 0.2) is 0 Å². The summed E-state index contributed by atoms with van der Waals surface area (Å²) < 4.78 is 0. The van der Waals surface area contributed by atoms with E-state index in [1.807, 2.05) is 0 Å². The van der Waals surface area contributed by atoms with Crippen molar-refractivity contribution in [1.82, 2.24) is 0 Å². The molecule has 0 heterocycles. The van der Waals surface area contributed by atoms with Gasteiger partial charge in [-0.3, -0.25) is 0 Å². The topological polar surface area (TPSA) is 0 Å². The fourth-order valence-corrected chi connectivity index (χ4v) is 3.47. The maximum atomic E-state index is 4.09. The van der Waals surface area contributed by atoms with Crippen molar-refractivity contribution in [2.24, 2.45) is 5.92 Å². The minimum Gasteiger partial charge on any atom is -0.0654 e. The van der Waals surface area contributed by atoms with Crippen LogP contribution in [0.3, 0.4) is 0 Å². The standard InChI is InChI=1S/C22H45/c1-4-7-8-9-10-11-12-13-14-15-16-17-18-19-21-22(6-3)20-5-2/h22H,3-21H2,1-2H3. The summed E-state index contributed by atoms with van der Waals surface area (Å²) in [6.07, 6.45) is 25.7. The van der Waals surface area contributed by atoms with E-state index < -0.39 is 0 Å². The fourth-order valence-electron chi connectivity index (χ4n) is 3.47. The first-order valence-electron chi connectivity index (χ1n) is 10.6. The molecule has 0 nitrogen and oxygen atoms in total. The lowest BCUT2D eigenvalue weighted by Crippen LogP contribution is -1.98. The third kappa shape index (κ3) is 16.4. The van der Waals surface area contributed by atoms with Crippen LogP contribution >= 0.6 is 0 Å². The molecule has 0 aliphatic carbocycles. The highest BCUT2D eigenvalue weighted by Crippen LogP contribution is 2.19. The van der Waals surface area contributed by atoms with Crippen molar-refractivity contribution >= 4 is 0 Å². The SMILES string of the molecule is [CH2]CC(CCC)CCCCCCCCCCCCCCCC. The largest absolute Gasteiger partial charge is 0.0654 e. The fraction of sp³-hybridized carbons (Fsp3) is 0.955.